The third kappa shape index (κ3) is 3.64. The Morgan fingerprint density at radius 3 is 1.32 bits per heavy atom. The maximum atomic E-state index is 2.49. The predicted octanol–water partition coefficient (Wildman–Crippen LogP) is 5.36. The van der Waals surface area contributed by atoms with E-state index in [-0.39, 0.29) is 0 Å². The number of benzene rings is 3. The molecule has 0 radical (unpaired) electrons. The average molecular weight is 305 g/mol. The van der Waals surface area contributed by atoms with Crippen LogP contribution < -0.4 is 5.30 Å². The lowest BCUT2D eigenvalue weighted by atomic mass is 10.2. The van der Waals surface area contributed by atoms with Crippen molar-refractivity contribution in [3.8, 4) is 0 Å². The average Bonchev–Trinajstić information content (AvgIpc) is 2.57. The first-order valence-electron chi connectivity index (χ1n) is 7.74. The highest BCUT2D eigenvalue weighted by molar-refractivity contribution is 7.80. The van der Waals surface area contributed by atoms with E-state index in [1.54, 1.807) is 0 Å². The number of hydrogen-bond donors (Lipinski definition) is 0. The highest BCUT2D eigenvalue weighted by atomic mass is 31.2. The summed E-state index contributed by atoms with van der Waals surface area (Å²) in [4.78, 5) is 0. The Bertz CT molecular complexity index is 648. The Morgan fingerprint density at radius 1 is 0.545 bits per heavy atom. The van der Waals surface area contributed by atoms with Crippen LogP contribution in [0.1, 0.15) is 11.1 Å². The minimum Gasteiger partial charge on any atom is -0.0622 e. The summed E-state index contributed by atoms with van der Waals surface area (Å²) < 4.78 is 0. The van der Waals surface area contributed by atoms with Crippen LogP contribution >= 0.6 is 7.26 Å². The zero-order valence-electron chi connectivity index (χ0n) is 13.0. The molecule has 0 aromatic heterocycles. The van der Waals surface area contributed by atoms with Gasteiger partial charge in [0, 0.05) is 0 Å². The highest BCUT2D eigenvalue weighted by Gasteiger charge is 2.34. The molecule has 0 saturated carbocycles. The Hall–Kier alpha value is -1.91. The first-order chi connectivity index (χ1) is 10.8. The van der Waals surface area contributed by atoms with E-state index in [1.807, 2.05) is 0 Å². The molecule has 0 amide bonds. The molecular weight excluding hydrogens is 283 g/mol. The Morgan fingerprint density at radius 2 is 0.909 bits per heavy atom. The van der Waals surface area contributed by atoms with Crippen molar-refractivity contribution >= 4 is 12.6 Å². The second-order valence-electron chi connectivity index (χ2n) is 6.02. The lowest BCUT2D eigenvalue weighted by Crippen LogP contribution is -2.14. The smallest absolute Gasteiger partial charge is 0.0622 e. The molecule has 3 rings (SSSR count). The van der Waals surface area contributed by atoms with Gasteiger partial charge in [0.1, 0.15) is 0 Å². The third-order valence-corrected chi connectivity index (χ3v) is 7.80. The molecule has 1 heteroatoms. The molecule has 0 atom stereocenters. The first-order valence-corrected chi connectivity index (χ1v) is 10.3. The molecule has 0 aliphatic rings. The molecule has 0 unspecified atom stereocenters. The maximum absolute atomic E-state index is 2.49. The summed E-state index contributed by atoms with van der Waals surface area (Å²) in [7, 11) is -1.27. The Labute approximate surface area is 134 Å². The topological polar surface area (TPSA) is 0 Å². The molecule has 0 N–H and O–H groups in total. The molecule has 0 saturated heterocycles. The molecule has 3 aromatic rings. The van der Waals surface area contributed by atoms with Crippen LogP contribution in [-0.2, 0) is 12.3 Å². The van der Waals surface area contributed by atoms with Gasteiger partial charge < -0.3 is 0 Å². The van der Waals surface area contributed by atoms with Crippen molar-refractivity contribution in [3.05, 3.63) is 102 Å². The van der Waals surface area contributed by atoms with Crippen LogP contribution in [0.4, 0.5) is 0 Å². The molecule has 0 aliphatic heterocycles. The van der Waals surface area contributed by atoms with Gasteiger partial charge in [-0.2, -0.15) is 0 Å². The largest absolute Gasteiger partial charge is 0.0943 e. The normalized spacial score (nSPS) is 11.3. The van der Waals surface area contributed by atoms with Crippen LogP contribution in [0.15, 0.2) is 91.0 Å². The fraction of sp³-hybridized carbons (Fsp3) is 0.143. The van der Waals surface area contributed by atoms with Gasteiger partial charge in [-0.1, -0.05) is 78.9 Å². The van der Waals surface area contributed by atoms with E-state index >= 15 is 0 Å². The van der Waals surface area contributed by atoms with E-state index in [4.69, 9.17) is 0 Å². The molecule has 0 heterocycles. The van der Waals surface area contributed by atoms with Crippen molar-refractivity contribution in [2.24, 2.45) is 0 Å². The summed E-state index contributed by atoms with van der Waals surface area (Å²) in [5.41, 5.74) is 2.89. The van der Waals surface area contributed by atoms with E-state index in [1.165, 1.54) is 16.4 Å². The van der Waals surface area contributed by atoms with Crippen LogP contribution in [0.5, 0.6) is 0 Å². The number of rotatable bonds is 5. The summed E-state index contributed by atoms with van der Waals surface area (Å²) in [6.07, 6.45) is 2.32. The van der Waals surface area contributed by atoms with Gasteiger partial charge >= 0.3 is 0 Å². The molecule has 110 valence electrons. The van der Waals surface area contributed by atoms with Crippen molar-refractivity contribution in [1.29, 1.82) is 0 Å². The molecular formula is C21H22P+. The molecule has 0 bridgehead atoms. The van der Waals surface area contributed by atoms with Gasteiger partial charge in [0.05, 0.1) is 31.6 Å². The molecule has 0 nitrogen and oxygen atoms in total. The van der Waals surface area contributed by atoms with E-state index < -0.39 is 7.26 Å². The third-order valence-electron chi connectivity index (χ3n) is 4.13. The summed E-state index contributed by atoms with van der Waals surface area (Å²) in [5, 5.41) is 1.52. The summed E-state index contributed by atoms with van der Waals surface area (Å²) >= 11 is 0. The van der Waals surface area contributed by atoms with Crippen LogP contribution in [0, 0.1) is 0 Å². The summed E-state index contributed by atoms with van der Waals surface area (Å²) in [6, 6.07) is 32.9. The van der Waals surface area contributed by atoms with Gasteiger partial charge in [-0.15, -0.1) is 0 Å². The second kappa shape index (κ2) is 6.90. The summed E-state index contributed by atoms with van der Waals surface area (Å²) in [5.74, 6) is 0. The minimum absolute atomic E-state index is 1.16. The second-order valence-corrected chi connectivity index (χ2v) is 9.96. The van der Waals surface area contributed by atoms with Crippen LogP contribution in [0.25, 0.3) is 0 Å². The zero-order chi connectivity index (χ0) is 15.3. The fourth-order valence-corrected chi connectivity index (χ4v) is 6.40. The van der Waals surface area contributed by atoms with Crippen molar-refractivity contribution in [2.45, 2.75) is 12.3 Å². The summed E-state index contributed by atoms with van der Waals surface area (Å²) in [6.45, 7) is 2.49. The van der Waals surface area contributed by atoms with Crippen LogP contribution in [0.2, 0.25) is 0 Å². The molecule has 3 aromatic carbocycles. The van der Waals surface area contributed by atoms with Gasteiger partial charge in [0.15, 0.2) is 0 Å². The zero-order valence-corrected chi connectivity index (χ0v) is 13.9. The van der Waals surface area contributed by atoms with Crippen molar-refractivity contribution in [1.82, 2.24) is 0 Å². The van der Waals surface area contributed by atoms with Crippen molar-refractivity contribution < 1.29 is 0 Å². The quantitative estimate of drug-likeness (QED) is 0.557. The van der Waals surface area contributed by atoms with Crippen molar-refractivity contribution in [2.75, 3.05) is 6.66 Å². The first kappa shape index (κ1) is 15.0. The maximum Gasteiger partial charge on any atom is 0.0943 e. The van der Waals surface area contributed by atoms with E-state index in [2.05, 4.69) is 97.7 Å². The lowest BCUT2D eigenvalue weighted by molar-refractivity contribution is 1.30. The van der Waals surface area contributed by atoms with Gasteiger partial charge in [0.25, 0.3) is 0 Å². The predicted molar refractivity (Wildman–Crippen MR) is 99.2 cm³/mol. The fourth-order valence-electron chi connectivity index (χ4n) is 3.00. The van der Waals surface area contributed by atoms with Gasteiger partial charge in [-0.05, 0) is 23.3 Å². The van der Waals surface area contributed by atoms with Gasteiger partial charge in [0.2, 0.25) is 0 Å². The van der Waals surface area contributed by atoms with Crippen LogP contribution in [0.3, 0.4) is 0 Å². The highest BCUT2D eigenvalue weighted by Crippen LogP contribution is 2.59. The van der Waals surface area contributed by atoms with Crippen molar-refractivity contribution in [3.63, 3.8) is 0 Å². The van der Waals surface area contributed by atoms with E-state index in [0.717, 1.165) is 12.3 Å². The van der Waals surface area contributed by atoms with E-state index in [9.17, 15) is 0 Å². The lowest BCUT2D eigenvalue weighted by Gasteiger charge is -2.23. The Kier molecular flexibility index (Phi) is 4.71. The molecule has 0 spiro atoms. The van der Waals surface area contributed by atoms with Gasteiger partial charge in [-0.3, -0.25) is 0 Å². The van der Waals surface area contributed by atoms with Gasteiger partial charge in [-0.25, -0.2) is 0 Å². The Balaban J connectivity index is 1.95. The minimum atomic E-state index is -1.27. The van der Waals surface area contributed by atoms with Crippen LogP contribution in [-0.4, -0.2) is 6.66 Å². The molecule has 0 aliphatic carbocycles. The van der Waals surface area contributed by atoms with E-state index in [0.29, 0.717) is 0 Å². The number of hydrogen-bond acceptors (Lipinski definition) is 0. The SMILES string of the molecule is C[P+](Cc1ccccc1)(Cc1ccccc1)c1ccccc1. The standard InChI is InChI=1S/C21H22P/c1-22(21-15-9-4-10-16-21,17-19-11-5-2-6-12-19)18-20-13-7-3-8-14-20/h2-16H,17-18H2,1H3/q+1. The monoisotopic (exact) mass is 305 g/mol. The molecule has 0 fully saturated rings. The molecule has 22 heavy (non-hydrogen) atoms.